The van der Waals surface area contributed by atoms with Crippen molar-refractivity contribution >= 4 is 52.9 Å². The highest BCUT2D eigenvalue weighted by molar-refractivity contribution is 7.99. The van der Waals surface area contributed by atoms with Crippen molar-refractivity contribution < 1.29 is 47.7 Å². The molecule has 0 aromatic heterocycles. The highest BCUT2D eigenvalue weighted by Crippen LogP contribution is 2.26. The monoisotopic (exact) mass is 694 g/mol. The number of carbonyl (C=O) groups excluding carboxylic acids is 4. The fourth-order valence-electron chi connectivity index (χ4n) is 4.18. The van der Waals surface area contributed by atoms with Crippen molar-refractivity contribution in [2.75, 3.05) is 19.0 Å². The zero-order valence-corrected chi connectivity index (χ0v) is 28.5. The van der Waals surface area contributed by atoms with Crippen LogP contribution in [0.1, 0.15) is 45.7 Å². The van der Waals surface area contributed by atoms with Crippen molar-refractivity contribution in [2.45, 2.75) is 65.0 Å². The number of benzene rings is 2. The summed E-state index contributed by atoms with van der Waals surface area (Å²) >= 11 is 7.04. The second-order valence-corrected chi connectivity index (χ2v) is 12.3. The van der Waals surface area contributed by atoms with Gasteiger partial charge in [-0.05, 0) is 57.0 Å². The van der Waals surface area contributed by atoms with E-state index >= 15 is 0 Å². The summed E-state index contributed by atoms with van der Waals surface area (Å²) in [6.45, 7) is 11.9. The van der Waals surface area contributed by atoms with Gasteiger partial charge in [-0.15, -0.1) is 11.8 Å². The van der Waals surface area contributed by atoms with E-state index in [1.807, 2.05) is 0 Å². The molecule has 0 radical (unpaired) electrons. The van der Waals surface area contributed by atoms with E-state index < -0.39 is 58.9 Å². The number of amides is 2. The van der Waals surface area contributed by atoms with Gasteiger partial charge in [-0.25, -0.2) is 14.0 Å². The fourth-order valence-corrected chi connectivity index (χ4v) is 5.45. The number of Topliss-reactive ketones (excluding diaryl/α,β-unsaturated/α-hetero) is 1. The van der Waals surface area contributed by atoms with Crippen molar-refractivity contribution in [2.24, 2.45) is 5.92 Å². The number of ketones is 1. The second-order valence-electron chi connectivity index (χ2n) is 10.9. The van der Waals surface area contributed by atoms with Crippen molar-refractivity contribution in [3.8, 4) is 11.5 Å². The molecule has 2 rings (SSSR count). The van der Waals surface area contributed by atoms with Gasteiger partial charge in [-0.1, -0.05) is 38.1 Å². The van der Waals surface area contributed by atoms with Crippen LogP contribution in [0, 0.1) is 11.7 Å². The predicted octanol–water partition coefficient (Wildman–Crippen LogP) is 4.52. The summed E-state index contributed by atoms with van der Waals surface area (Å²) in [4.78, 5) is 63.3. The SMILES string of the molecule is C=C(C(=O)O)[C@H](NC(=O)[C@@H](NC(=O)Cc1cc(OCC(=O)OC(C)C)ccc1OCC)C(C)C)C(=O)CSCc1c(F)cccc1Cl. The van der Waals surface area contributed by atoms with Gasteiger partial charge in [0.05, 0.1) is 30.5 Å². The van der Waals surface area contributed by atoms with Crippen LogP contribution in [0.2, 0.25) is 5.02 Å². The van der Waals surface area contributed by atoms with Crippen LogP contribution in [-0.4, -0.2) is 71.8 Å². The Morgan fingerprint density at radius 1 is 1.04 bits per heavy atom. The van der Waals surface area contributed by atoms with E-state index in [-0.39, 0.29) is 41.2 Å². The van der Waals surface area contributed by atoms with Crippen LogP contribution in [0.3, 0.4) is 0 Å². The number of esters is 1. The van der Waals surface area contributed by atoms with E-state index in [2.05, 4.69) is 17.2 Å². The average molecular weight is 695 g/mol. The molecule has 0 heterocycles. The van der Waals surface area contributed by atoms with Crippen LogP contribution < -0.4 is 20.1 Å². The third-order valence-electron chi connectivity index (χ3n) is 6.46. The summed E-state index contributed by atoms with van der Waals surface area (Å²) < 4.78 is 30.3. The van der Waals surface area contributed by atoms with Crippen LogP contribution in [0.25, 0.3) is 0 Å². The average Bonchev–Trinajstić information content (AvgIpc) is 2.99. The first-order valence-corrected chi connectivity index (χ1v) is 16.3. The first-order chi connectivity index (χ1) is 22.1. The largest absolute Gasteiger partial charge is 0.494 e. The maximum Gasteiger partial charge on any atom is 0.344 e. The maximum absolute atomic E-state index is 14.1. The van der Waals surface area contributed by atoms with E-state index in [1.54, 1.807) is 46.8 Å². The molecule has 0 saturated heterocycles. The molecular formula is C33H40ClFN2O9S. The number of ether oxygens (including phenoxy) is 3. The number of carboxylic acids is 1. The molecule has 0 aliphatic heterocycles. The van der Waals surface area contributed by atoms with Crippen LogP contribution in [-0.2, 0) is 40.9 Å². The Balaban J connectivity index is 2.15. The molecule has 0 bridgehead atoms. The van der Waals surface area contributed by atoms with E-state index in [4.69, 9.17) is 25.8 Å². The number of hydrogen-bond acceptors (Lipinski definition) is 9. The van der Waals surface area contributed by atoms with Gasteiger partial charge in [0, 0.05) is 21.9 Å². The summed E-state index contributed by atoms with van der Waals surface area (Å²) in [6, 6.07) is 6.12. The van der Waals surface area contributed by atoms with Gasteiger partial charge in [-0.3, -0.25) is 14.4 Å². The number of nitrogens with one attached hydrogen (secondary N) is 2. The van der Waals surface area contributed by atoms with Gasteiger partial charge in [0.2, 0.25) is 11.8 Å². The highest BCUT2D eigenvalue weighted by atomic mass is 35.5. The lowest BCUT2D eigenvalue weighted by Crippen LogP contribution is -2.55. The van der Waals surface area contributed by atoms with Gasteiger partial charge < -0.3 is 30.0 Å². The standard InChI is InChI=1S/C33H40ClFN2O9S/c1-7-44-27-12-11-22(45-15-29(40)46-19(4)5)13-21(27)14-28(39)36-30(18(2)3)32(41)37-31(20(6)33(42)43)26(38)17-47-16-23-24(34)9-8-10-25(23)35/h8-13,18-19,30-31H,6-7,14-17H2,1-5H3,(H,36,39)(H,37,41)(H,42,43)/t30-,31-/m0/s1. The number of carbonyl (C=O) groups is 5. The van der Waals surface area contributed by atoms with Crippen molar-refractivity contribution in [1.82, 2.24) is 10.6 Å². The number of hydrogen-bond donors (Lipinski definition) is 3. The summed E-state index contributed by atoms with van der Waals surface area (Å²) in [5.74, 6) is -4.72. The molecule has 256 valence electrons. The lowest BCUT2D eigenvalue weighted by molar-refractivity contribution is -0.149. The van der Waals surface area contributed by atoms with Crippen LogP contribution in [0.5, 0.6) is 11.5 Å². The van der Waals surface area contributed by atoms with Gasteiger partial charge in [0.15, 0.2) is 12.4 Å². The molecule has 0 fully saturated rings. The van der Waals surface area contributed by atoms with Gasteiger partial charge in [-0.2, -0.15) is 0 Å². The molecule has 3 N–H and O–H groups in total. The van der Waals surface area contributed by atoms with Crippen LogP contribution in [0.4, 0.5) is 4.39 Å². The Bertz CT molecular complexity index is 1450. The van der Waals surface area contributed by atoms with Crippen LogP contribution >= 0.6 is 23.4 Å². The normalized spacial score (nSPS) is 12.2. The van der Waals surface area contributed by atoms with E-state index in [0.29, 0.717) is 23.7 Å². The smallest absolute Gasteiger partial charge is 0.344 e. The predicted molar refractivity (Wildman–Crippen MR) is 176 cm³/mol. The Kier molecular flexibility index (Phi) is 15.7. The maximum atomic E-state index is 14.1. The first kappa shape index (κ1) is 39.1. The Hall–Kier alpha value is -4.10. The molecule has 0 spiro atoms. The number of halogens is 2. The Morgan fingerprint density at radius 3 is 2.34 bits per heavy atom. The summed E-state index contributed by atoms with van der Waals surface area (Å²) in [5.41, 5.74) is 0.0314. The molecule has 14 heteroatoms. The highest BCUT2D eigenvalue weighted by Gasteiger charge is 2.32. The molecular weight excluding hydrogens is 655 g/mol. The van der Waals surface area contributed by atoms with Gasteiger partial charge in [0.1, 0.15) is 29.4 Å². The summed E-state index contributed by atoms with van der Waals surface area (Å²) in [7, 11) is 0. The molecule has 2 aromatic carbocycles. The number of carboxylic acid groups (broad SMARTS) is 1. The van der Waals surface area contributed by atoms with Crippen LogP contribution in [0.15, 0.2) is 48.6 Å². The summed E-state index contributed by atoms with van der Waals surface area (Å²) in [6.07, 6.45) is -0.546. The lowest BCUT2D eigenvalue weighted by atomic mass is 10.00. The van der Waals surface area contributed by atoms with Crippen molar-refractivity contribution in [1.29, 1.82) is 0 Å². The Morgan fingerprint density at radius 2 is 1.74 bits per heavy atom. The topological polar surface area (TPSA) is 157 Å². The van der Waals surface area contributed by atoms with E-state index in [0.717, 1.165) is 11.8 Å². The molecule has 47 heavy (non-hydrogen) atoms. The van der Waals surface area contributed by atoms with Crippen molar-refractivity contribution in [3.05, 3.63) is 70.5 Å². The van der Waals surface area contributed by atoms with Gasteiger partial charge >= 0.3 is 11.9 Å². The number of aliphatic carboxylic acids is 1. The minimum Gasteiger partial charge on any atom is -0.494 e. The molecule has 2 aromatic rings. The Labute approximate surface area is 282 Å². The van der Waals surface area contributed by atoms with Crippen molar-refractivity contribution in [3.63, 3.8) is 0 Å². The number of thioether (sulfide) groups is 1. The lowest BCUT2D eigenvalue weighted by Gasteiger charge is -2.25. The molecule has 11 nitrogen and oxygen atoms in total. The zero-order chi connectivity index (χ0) is 35.3. The quantitative estimate of drug-likeness (QED) is 0.141. The van der Waals surface area contributed by atoms with E-state index in [9.17, 15) is 33.5 Å². The molecule has 0 unspecified atom stereocenters. The zero-order valence-electron chi connectivity index (χ0n) is 26.9. The first-order valence-electron chi connectivity index (χ1n) is 14.8. The molecule has 0 saturated carbocycles. The fraction of sp³-hybridized carbons (Fsp3) is 0.424. The summed E-state index contributed by atoms with van der Waals surface area (Å²) in [5, 5.41) is 14.8. The minimum absolute atomic E-state index is 0.0279. The third-order valence-corrected chi connectivity index (χ3v) is 7.79. The second kappa shape index (κ2) is 18.9. The van der Waals surface area contributed by atoms with Gasteiger partial charge in [0.25, 0.3) is 0 Å². The number of rotatable bonds is 19. The third kappa shape index (κ3) is 12.6. The molecule has 0 aliphatic carbocycles. The molecule has 2 atom stereocenters. The van der Waals surface area contributed by atoms with E-state index in [1.165, 1.54) is 24.3 Å². The molecule has 2 amide bonds. The minimum atomic E-state index is -1.61. The molecule has 0 aliphatic rings.